The van der Waals surface area contributed by atoms with Gasteiger partial charge in [-0.05, 0) is 31.0 Å². The molecule has 2 N–H and O–H groups in total. The molecule has 1 saturated heterocycles. The monoisotopic (exact) mass is 287 g/mol. The summed E-state index contributed by atoms with van der Waals surface area (Å²) >= 11 is 5.29. The normalized spacial score (nSPS) is 21.5. The summed E-state index contributed by atoms with van der Waals surface area (Å²) in [6.45, 7) is 1.75. The molecule has 0 spiro atoms. The van der Waals surface area contributed by atoms with E-state index in [9.17, 15) is 0 Å². The minimum Gasteiger partial charge on any atom is -0.398 e. The van der Waals surface area contributed by atoms with E-state index >= 15 is 0 Å². The Labute approximate surface area is 103 Å². The van der Waals surface area contributed by atoms with E-state index in [1.54, 1.807) is 0 Å². The fourth-order valence-electron chi connectivity index (χ4n) is 1.59. The van der Waals surface area contributed by atoms with Crippen LogP contribution in [-0.4, -0.2) is 18.5 Å². The van der Waals surface area contributed by atoms with Crippen LogP contribution >= 0.6 is 27.7 Å². The van der Waals surface area contributed by atoms with Crippen LogP contribution in [0.3, 0.4) is 0 Å². The van der Waals surface area contributed by atoms with Gasteiger partial charge in [0.15, 0.2) is 0 Å². The van der Waals surface area contributed by atoms with Gasteiger partial charge in [0, 0.05) is 26.9 Å². The minimum atomic E-state index is 0.551. The second-order valence-electron chi connectivity index (χ2n) is 3.64. The van der Waals surface area contributed by atoms with Crippen molar-refractivity contribution in [2.45, 2.75) is 23.0 Å². The molecule has 2 rings (SSSR count). The van der Waals surface area contributed by atoms with Crippen LogP contribution in [0.2, 0.25) is 0 Å². The zero-order valence-electron chi connectivity index (χ0n) is 8.41. The third kappa shape index (κ3) is 3.13. The second kappa shape index (κ2) is 5.23. The predicted octanol–water partition coefficient (Wildman–Crippen LogP) is 3.30. The number of halogens is 1. The van der Waals surface area contributed by atoms with E-state index < -0.39 is 0 Å². The summed E-state index contributed by atoms with van der Waals surface area (Å²) in [7, 11) is 0. The molecule has 82 valence electrons. The molecule has 1 aliphatic rings. The van der Waals surface area contributed by atoms with E-state index in [0.29, 0.717) is 5.25 Å². The number of nitrogen functional groups attached to an aromatic ring is 1. The summed E-state index contributed by atoms with van der Waals surface area (Å²) in [6, 6.07) is 5.99. The van der Waals surface area contributed by atoms with Crippen LogP contribution in [0, 0.1) is 0 Å². The van der Waals surface area contributed by atoms with Crippen LogP contribution in [-0.2, 0) is 4.74 Å². The average molecular weight is 288 g/mol. The summed E-state index contributed by atoms with van der Waals surface area (Å²) < 4.78 is 6.53. The molecule has 1 fully saturated rings. The zero-order chi connectivity index (χ0) is 10.7. The summed E-state index contributed by atoms with van der Waals surface area (Å²) in [5.41, 5.74) is 6.78. The van der Waals surface area contributed by atoms with Crippen molar-refractivity contribution >= 4 is 33.4 Å². The Bertz CT molecular complexity index is 339. The molecule has 1 aromatic carbocycles. The molecule has 0 aliphatic carbocycles. The summed E-state index contributed by atoms with van der Waals surface area (Å²) in [4.78, 5) is 1.15. The number of nitrogens with two attached hydrogens (primary N) is 1. The largest absolute Gasteiger partial charge is 0.398 e. The first-order chi connectivity index (χ1) is 7.25. The number of anilines is 1. The Hall–Kier alpha value is -0.190. The van der Waals surface area contributed by atoms with Gasteiger partial charge in [-0.2, -0.15) is 0 Å². The van der Waals surface area contributed by atoms with Gasteiger partial charge in [-0.3, -0.25) is 0 Å². The molecule has 2 nitrogen and oxygen atoms in total. The van der Waals surface area contributed by atoms with Crippen molar-refractivity contribution in [1.82, 2.24) is 0 Å². The molecule has 0 radical (unpaired) electrons. The first-order valence-corrected chi connectivity index (χ1v) is 6.72. The van der Waals surface area contributed by atoms with Crippen molar-refractivity contribution in [3.05, 3.63) is 22.7 Å². The summed E-state index contributed by atoms with van der Waals surface area (Å²) in [5.74, 6) is 0. The lowest BCUT2D eigenvalue weighted by atomic mass is 10.2. The molecule has 0 amide bonds. The van der Waals surface area contributed by atoms with Gasteiger partial charge in [-0.25, -0.2) is 0 Å². The van der Waals surface area contributed by atoms with Gasteiger partial charge < -0.3 is 10.5 Å². The maximum absolute atomic E-state index is 5.92. The molecule has 1 atom stereocenters. The van der Waals surface area contributed by atoms with Crippen LogP contribution in [0.15, 0.2) is 27.6 Å². The van der Waals surface area contributed by atoms with Crippen LogP contribution < -0.4 is 5.73 Å². The minimum absolute atomic E-state index is 0.551. The number of hydrogen-bond acceptors (Lipinski definition) is 3. The number of rotatable bonds is 2. The SMILES string of the molecule is Nc1ccc(Br)cc1SC1CCCOC1. The van der Waals surface area contributed by atoms with E-state index in [1.165, 1.54) is 6.42 Å². The van der Waals surface area contributed by atoms with Gasteiger partial charge in [0.2, 0.25) is 0 Å². The first-order valence-electron chi connectivity index (χ1n) is 5.05. The topological polar surface area (TPSA) is 35.2 Å². The Balaban J connectivity index is 2.05. The third-order valence-corrected chi connectivity index (χ3v) is 4.19. The highest BCUT2D eigenvalue weighted by atomic mass is 79.9. The van der Waals surface area contributed by atoms with Crippen LogP contribution in [0.1, 0.15) is 12.8 Å². The molecule has 4 heteroatoms. The lowest BCUT2D eigenvalue weighted by molar-refractivity contribution is 0.101. The zero-order valence-corrected chi connectivity index (χ0v) is 10.8. The van der Waals surface area contributed by atoms with E-state index in [2.05, 4.69) is 22.0 Å². The van der Waals surface area contributed by atoms with Gasteiger partial charge in [-0.1, -0.05) is 15.9 Å². The van der Waals surface area contributed by atoms with Gasteiger partial charge >= 0.3 is 0 Å². The highest BCUT2D eigenvalue weighted by molar-refractivity contribution is 9.10. The van der Waals surface area contributed by atoms with Crippen molar-refractivity contribution in [2.75, 3.05) is 18.9 Å². The fraction of sp³-hybridized carbons (Fsp3) is 0.455. The molecule has 0 aromatic heterocycles. The molecule has 15 heavy (non-hydrogen) atoms. The highest BCUT2D eigenvalue weighted by Crippen LogP contribution is 2.34. The summed E-state index contributed by atoms with van der Waals surface area (Å²) in [6.07, 6.45) is 2.38. The van der Waals surface area contributed by atoms with E-state index in [4.69, 9.17) is 10.5 Å². The number of thioether (sulfide) groups is 1. The Morgan fingerprint density at radius 3 is 3.07 bits per heavy atom. The molecule has 0 bridgehead atoms. The van der Waals surface area contributed by atoms with Crippen molar-refractivity contribution in [2.24, 2.45) is 0 Å². The van der Waals surface area contributed by atoms with Crippen molar-refractivity contribution in [3.8, 4) is 0 Å². The first kappa shape index (κ1) is 11.3. The molecule has 1 heterocycles. The summed E-state index contributed by atoms with van der Waals surface area (Å²) in [5, 5.41) is 0.551. The van der Waals surface area contributed by atoms with Gasteiger partial charge in [0.25, 0.3) is 0 Å². The van der Waals surface area contributed by atoms with Crippen molar-refractivity contribution in [3.63, 3.8) is 0 Å². The van der Waals surface area contributed by atoms with Gasteiger partial charge in [0.1, 0.15) is 0 Å². The molecule has 1 unspecified atom stereocenters. The van der Waals surface area contributed by atoms with E-state index in [0.717, 1.165) is 34.7 Å². The molecule has 1 aromatic rings. The van der Waals surface area contributed by atoms with Crippen molar-refractivity contribution in [1.29, 1.82) is 0 Å². The van der Waals surface area contributed by atoms with E-state index in [1.807, 2.05) is 23.9 Å². The van der Waals surface area contributed by atoms with Gasteiger partial charge in [-0.15, -0.1) is 11.8 Å². The molecule has 1 aliphatic heterocycles. The second-order valence-corrected chi connectivity index (χ2v) is 5.90. The maximum Gasteiger partial charge on any atom is 0.0588 e. The molecule has 0 saturated carbocycles. The fourth-order valence-corrected chi connectivity index (χ4v) is 3.31. The lowest BCUT2D eigenvalue weighted by Crippen LogP contribution is -2.19. The molecular weight excluding hydrogens is 274 g/mol. The highest BCUT2D eigenvalue weighted by Gasteiger charge is 2.16. The van der Waals surface area contributed by atoms with Crippen LogP contribution in [0.4, 0.5) is 5.69 Å². The predicted molar refractivity (Wildman–Crippen MR) is 68.3 cm³/mol. The lowest BCUT2D eigenvalue weighted by Gasteiger charge is -2.22. The molecular formula is C11H14BrNOS. The Morgan fingerprint density at radius 2 is 2.33 bits per heavy atom. The number of ether oxygens (including phenoxy) is 1. The third-order valence-electron chi connectivity index (χ3n) is 2.39. The van der Waals surface area contributed by atoms with Crippen molar-refractivity contribution < 1.29 is 4.74 Å². The van der Waals surface area contributed by atoms with Crippen LogP contribution in [0.25, 0.3) is 0 Å². The van der Waals surface area contributed by atoms with E-state index in [-0.39, 0.29) is 0 Å². The van der Waals surface area contributed by atoms with Crippen LogP contribution in [0.5, 0.6) is 0 Å². The quantitative estimate of drug-likeness (QED) is 0.848. The number of hydrogen-bond donors (Lipinski definition) is 1. The maximum atomic E-state index is 5.92. The standard InChI is InChI=1S/C11H14BrNOS/c12-8-3-4-10(13)11(6-8)15-9-2-1-5-14-7-9/h3-4,6,9H,1-2,5,7,13H2. The average Bonchev–Trinajstić information content (AvgIpc) is 2.25. The van der Waals surface area contributed by atoms with Gasteiger partial charge in [0.05, 0.1) is 6.61 Å². The smallest absolute Gasteiger partial charge is 0.0588 e. The Kier molecular flexibility index (Phi) is 3.94. The number of benzene rings is 1. The Morgan fingerprint density at radius 1 is 1.47 bits per heavy atom.